The summed E-state index contributed by atoms with van der Waals surface area (Å²) in [6.45, 7) is 13.1. The van der Waals surface area contributed by atoms with E-state index in [0.29, 0.717) is 32.1 Å². The van der Waals surface area contributed by atoms with Gasteiger partial charge in [0.1, 0.15) is 97.3 Å². The SMILES string of the molecule is CC(C)CC(=O)C[C@](C)(O)[C@H]1CCC2C3C[C@H](O[C@@H]4O[C@H](C)[C@@H](O)[C@H](O[C@@H]5OC[C@@H](O[C@@H]6OC[C@@H](O)[C@H](O)[C@H]6O[C@@H]6O[C@H](C)[C@H](O)[C@H](O)[C@H]6O)[C@H](O)[C@H]5O[C@@H]5O[C@H](C)[C@@H](O)[C@H](O)[C@H]5O)[C@H]4O)C4C[C@@H](OS(=O)(=O)O)CC[C@]4(C)C3=CC[C@@]21C. The van der Waals surface area contributed by atoms with Gasteiger partial charge in [-0.05, 0) is 113 Å². The highest BCUT2D eigenvalue weighted by Gasteiger charge is 2.64. The van der Waals surface area contributed by atoms with Gasteiger partial charge in [0.25, 0.3) is 0 Å². The first-order valence-electron chi connectivity index (χ1n) is 29.3. The Bertz CT molecular complexity index is 2370. The van der Waals surface area contributed by atoms with Crippen LogP contribution in [0.25, 0.3) is 0 Å². The minimum Gasteiger partial charge on any atom is -0.389 e. The van der Waals surface area contributed by atoms with Crippen LogP contribution in [0.1, 0.15) is 113 Å². The van der Waals surface area contributed by atoms with E-state index in [1.807, 2.05) is 13.8 Å². The van der Waals surface area contributed by atoms with E-state index in [-0.39, 0.29) is 48.7 Å². The van der Waals surface area contributed by atoms with Gasteiger partial charge in [-0.2, -0.15) is 8.42 Å². The van der Waals surface area contributed by atoms with Crippen LogP contribution in [0, 0.1) is 40.4 Å². The molecule has 27 nitrogen and oxygen atoms in total. The minimum absolute atomic E-state index is 0.00824. The van der Waals surface area contributed by atoms with Crippen molar-refractivity contribution in [1.82, 2.24) is 0 Å². The van der Waals surface area contributed by atoms with E-state index in [1.165, 1.54) is 20.8 Å². The molecule has 3 unspecified atom stereocenters. The fraction of sp³-hybridized carbons (Fsp3) is 0.945. The van der Waals surface area contributed by atoms with Gasteiger partial charge >= 0.3 is 10.4 Å². The Morgan fingerprint density at radius 1 is 0.639 bits per heavy atom. The summed E-state index contributed by atoms with van der Waals surface area (Å²) in [5.41, 5.74) is -1.21. The molecule has 9 rings (SSSR count). The summed E-state index contributed by atoms with van der Waals surface area (Å²) >= 11 is 0. The molecule has 0 bridgehead atoms. The van der Waals surface area contributed by atoms with Crippen molar-refractivity contribution in [3.05, 3.63) is 11.6 Å². The Hall–Kier alpha value is -1.60. The molecular formula is C55H90O27S. The van der Waals surface area contributed by atoms with Crippen molar-refractivity contribution >= 4 is 16.2 Å². The zero-order chi connectivity index (χ0) is 60.7. The third-order valence-electron chi connectivity index (χ3n) is 19.9. The van der Waals surface area contributed by atoms with Crippen LogP contribution < -0.4 is 0 Å². The highest BCUT2D eigenvalue weighted by molar-refractivity contribution is 7.80. The van der Waals surface area contributed by atoms with Gasteiger partial charge in [0.2, 0.25) is 0 Å². The molecule has 4 aliphatic carbocycles. The first-order valence-corrected chi connectivity index (χ1v) is 30.7. The van der Waals surface area contributed by atoms with Gasteiger partial charge in [-0.15, -0.1) is 0 Å². The maximum absolute atomic E-state index is 13.2. The van der Waals surface area contributed by atoms with Gasteiger partial charge in [0, 0.05) is 12.8 Å². The number of carbonyl (C=O) groups excluding carboxylic acids is 1. The number of ether oxygens (including phenoxy) is 10. The molecular weight excluding hydrogens is 1120 g/mol. The Kier molecular flexibility index (Phi) is 20.1. The molecule has 5 heterocycles. The van der Waals surface area contributed by atoms with Crippen LogP contribution >= 0.6 is 0 Å². The van der Waals surface area contributed by atoms with Crippen LogP contribution in [0.15, 0.2) is 11.6 Å². The van der Waals surface area contributed by atoms with Crippen molar-refractivity contribution in [2.75, 3.05) is 13.2 Å². The highest BCUT2D eigenvalue weighted by atomic mass is 32.3. The van der Waals surface area contributed by atoms with Crippen LogP contribution in [-0.2, 0) is 66.7 Å². The van der Waals surface area contributed by atoms with Crippen molar-refractivity contribution in [3.8, 4) is 0 Å². The quantitative estimate of drug-likeness (QED) is 0.0551. The maximum Gasteiger partial charge on any atom is 0.397 e. The molecule has 83 heavy (non-hydrogen) atoms. The van der Waals surface area contributed by atoms with Crippen LogP contribution in [0.5, 0.6) is 0 Å². The molecule has 478 valence electrons. The summed E-state index contributed by atoms with van der Waals surface area (Å²) < 4.78 is 100. The Morgan fingerprint density at radius 3 is 1.76 bits per heavy atom. The van der Waals surface area contributed by atoms with Crippen molar-refractivity contribution in [1.29, 1.82) is 0 Å². The average Bonchev–Trinajstić information content (AvgIpc) is 1.90. The number of hydrogen-bond acceptors (Lipinski definition) is 26. The lowest BCUT2D eigenvalue weighted by Gasteiger charge is -2.60. The Labute approximate surface area is 482 Å². The van der Waals surface area contributed by atoms with E-state index in [2.05, 4.69) is 19.9 Å². The topological polar surface area (TPSA) is 416 Å². The fourth-order valence-corrected chi connectivity index (χ4v) is 16.0. The number of ketones is 1. The molecule has 0 radical (unpaired) electrons. The second kappa shape index (κ2) is 25.4. The largest absolute Gasteiger partial charge is 0.397 e. The van der Waals surface area contributed by atoms with Crippen molar-refractivity contribution in [3.63, 3.8) is 0 Å². The predicted octanol–water partition coefficient (Wildman–Crippen LogP) is -2.04. The molecule has 0 amide bonds. The molecule has 13 N–H and O–H groups in total. The molecule has 5 aliphatic heterocycles. The molecule has 3 saturated carbocycles. The molecule has 28 heteroatoms. The summed E-state index contributed by atoms with van der Waals surface area (Å²) in [5, 5.41) is 134. The van der Waals surface area contributed by atoms with Crippen LogP contribution in [0.2, 0.25) is 0 Å². The third kappa shape index (κ3) is 13.2. The first-order chi connectivity index (χ1) is 38.7. The number of hydrogen-bond donors (Lipinski definition) is 13. The monoisotopic (exact) mass is 1210 g/mol. The van der Waals surface area contributed by atoms with Gasteiger partial charge in [-0.25, -0.2) is 4.18 Å². The lowest BCUT2D eigenvalue weighted by Crippen LogP contribution is -2.66. The lowest BCUT2D eigenvalue weighted by atomic mass is 9.47. The van der Waals surface area contributed by atoms with E-state index in [1.54, 1.807) is 6.92 Å². The third-order valence-corrected chi connectivity index (χ3v) is 20.4. The molecule has 0 aromatic carbocycles. The van der Waals surface area contributed by atoms with Crippen LogP contribution in [-0.4, -0.2) is 252 Å². The van der Waals surface area contributed by atoms with E-state index in [0.717, 1.165) is 12.0 Å². The molecule has 32 atom stereocenters. The van der Waals surface area contributed by atoms with E-state index in [4.69, 9.17) is 51.6 Å². The second-order valence-corrected chi connectivity index (χ2v) is 27.3. The number of rotatable bonds is 17. The lowest BCUT2D eigenvalue weighted by molar-refractivity contribution is -0.394. The summed E-state index contributed by atoms with van der Waals surface area (Å²) in [7, 11) is -4.87. The molecule has 0 spiro atoms. The number of fused-ring (bicyclic) bond motifs is 5. The smallest absolute Gasteiger partial charge is 0.389 e. The van der Waals surface area contributed by atoms with E-state index in [9.17, 15) is 79.0 Å². The number of aliphatic hydroxyl groups excluding tert-OH is 11. The minimum atomic E-state index is -4.87. The molecule has 0 aromatic heterocycles. The molecule has 9 aliphatic rings. The first kappa shape index (κ1) is 65.8. The Morgan fingerprint density at radius 2 is 1.17 bits per heavy atom. The fourth-order valence-electron chi connectivity index (χ4n) is 15.5. The van der Waals surface area contributed by atoms with E-state index >= 15 is 0 Å². The molecule has 0 aromatic rings. The summed E-state index contributed by atoms with van der Waals surface area (Å²) in [5.74, 6) is -0.731. The van der Waals surface area contributed by atoms with Gasteiger partial charge in [0.15, 0.2) is 31.5 Å². The summed E-state index contributed by atoms with van der Waals surface area (Å²) in [6, 6.07) is 0. The second-order valence-electron chi connectivity index (χ2n) is 26.2. The zero-order valence-electron chi connectivity index (χ0n) is 48.1. The standard InChI is InChI=1S/C55H90O27S/c1-21(2)15-25(56)18-55(8,68)34-10-9-28-27-17-32(30-16-26(82-83(69,70)71)11-13-53(30,6)29(27)12-14-54(28,34)7)77-50-44(67)45(37(60)24(5)76-50)79-52-47(81-49-43(66)41(64)36(59)23(4)75-49)39(62)33(20-73-52)78-51-46(38(61)31(57)19-72-51)80-48-42(65)40(63)35(58)22(3)74-48/h12,21-24,26-28,30-52,57-68H,9-11,13-20H2,1-8H3,(H,69,70,71)/t22-,23-,24-,26+,27?,28?,30?,31-,32+,33-,34+,35+,36-,37-,38+,39+,40+,41+,42-,43-,44-,45+,46-,47-,48+,49+,50+,51+,52+,53-,54+,55+/m1/s1. The van der Waals surface area contributed by atoms with Crippen LogP contribution in [0.4, 0.5) is 0 Å². The highest BCUT2D eigenvalue weighted by Crippen LogP contribution is 2.67. The van der Waals surface area contributed by atoms with Crippen LogP contribution in [0.3, 0.4) is 0 Å². The normalized spacial score (nSPS) is 51.3. The molecule has 8 fully saturated rings. The summed E-state index contributed by atoms with van der Waals surface area (Å²) in [6.07, 6.45) is -33.9. The van der Waals surface area contributed by atoms with Crippen molar-refractivity contribution < 1.29 is 131 Å². The van der Waals surface area contributed by atoms with Gasteiger partial charge < -0.3 is 109 Å². The van der Waals surface area contributed by atoms with Gasteiger partial charge in [-0.3, -0.25) is 9.35 Å². The maximum atomic E-state index is 13.2. The average molecular weight is 1220 g/mol. The number of carbonyl (C=O) groups is 1. The van der Waals surface area contributed by atoms with Crippen molar-refractivity contribution in [2.45, 2.75) is 272 Å². The van der Waals surface area contributed by atoms with Gasteiger partial charge in [-0.1, -0.05) is 39.3 Å². The zero-order valence-corrected chi connectivity index (χ0v) is 48.9. The Balaban J connectivity index is 0.972. The predicted molar refractivity (Wildman–Crippen MR) is 280 cm³/mol. The number of allylic oxidation sites excluding steroid dienone is 2. The molecule has 5 saturated heterocycles. The summed E-state index contributed by atoms with van der Waals surface area (Å²) in [4.78, 5) is 13.2. The van der Waals surface area contributed by atoms with Gasteiger partial charge in [0.05, 0.1) is 49.3 Å². The van der Waals surface area contributed by atoms with Crippen molar-refractivity contribution in [2.24, 2.45) is 40.4 Å². The van der Waals surface area contributed by atoms with E-state index < -0.39 is 199 Å². The number of Topliss-reactive ketones (excluding diaryl/α,β-unsaturated/α-hetero) is 1. The number of aliphatic hydroxyl groups is 12.